The van der Waals surface area contributed by atoms with E-state index in [1.54, 1.807) is 37.2 Å². The second-order valence-electron chi connectivity index (χ2n) is 6.24. The first-order valence-corrected chi connectivity index (χ1v) is 8.45. The highest BCUT2D eigenvalue weighted by Gasteiger charge is 2.31. The number of methoxy groups -OCH3 is 2. The fourth-order valence-corrected chi connectivity index (χ4v) is 3.35. The number of anilines is 1. The molecule has 1 atom stereocenters. The number of hydrogen-bond donors (Lipinski definition) is 1. The average molecular weight is 367 g/mol. The molecule has 2 aromatic carbocycles. The van der Waals surface area contributed by atoms with Gasteiger partial charge in [0.2, 0.25) is 5.91 Å². The van der Waals surface area contributed by atoms with Crippen molar-refractivity contribution in [1.29, 1.82) is 0 Å². The normalized spacial score (nSPS) is 15.8. The second-order valence-corrected chi connectivity index (χ2v) is 6.24. The topological polar surface area (TPSA) is 65.4 Å². The summed E-state index contributed by atoms with van der Waals surface area (Å²) >= 11 is 0. The summed E-state index contributed by atoms with van der Waals surface area (Å²) in [6, 6.07) is 11.6. The number of nitrogens with zero attached hydrogens (tertiary/aromatic N) is 2. The zero-order valence-electron chi connectivity index (χ0n) is 14.9. The predicted molar refractivity (Wildman–Crippen MR) is 98.2 cm³/mol. The number of fused-ring (bicyclic) bond motifs is 1. The minimum absolute atomic E-state index is 0.105. The first-order chi connectivity index (χ1) is 13.1. The zero-order valence-corrected chi connectivity index (χ0v) is 14.9. The molecule has 6 nitrogen and oxygen atoms in total. The van der Waals surface area contributed by atoms with Crippen molar-refractivity contribution >= 4 is 11.7 Å². The van der Waals surface area contributed by atoms with Gasteiger partial charge in [0.1, 0.15) is 18.0 Å². The fraction of sp³-hybridized carbons (Fsp3) is 0.200. The van der Waals surface area contributed by atoms with E-state index in [1.807, 2.05) is 18.2 Å². The highest BCUT2D eigenvalue weighted by atomic mass is 19.1. The molecule has 1 aliphatic heterocycles. The molecule has 0 bridgehead atoms. The molecule has 138 valence electrons. The van der Waals surface area contributed by atoms with Gasteiger partial charge in [-0.25, -0.2) is 9.37 Å². The van der Waals surface area contributed by atoms with Crippen LogP contribution in [-0.4, -0.2) is 29.7 Å². The smallest absolute Gasteiger partial charge is 0.226 e. The van der Waals surface area contributed by atoms with Crippen LogP contribution in [0.1, 0.15) is 23.6 Å². The van der Waals surface area contributed by atoms with E-state index in [4.69, 9.17) is 9.47 Å². The number of nitrogens with one attached hydrogen (secondary N) is 1. The number of carbonyl (C=O) groups is 1. The lowest BCUT2D eigenvalue weighted by molar-refractivity contribution is -0.116. The van der Waals surface area contributed by atoms with E-state index >= 15 is 0 Å². The number of imidazole rings is 1. The summed E-state index contributed by atoms with van der Waals surface area (Å²) in [7, 11) is 3.15. The van der Waals surface area contributed by atoms with Gasteiger partial charge in [-0.2, -0.15) is 0 Å². The maximum Gasteiger partial charge on any atom is 0.226 e. The molecule has 3 aromatic rings. The minimum Gasteiger partial charge on any atom is -0.493 e. The predicted octanol–water partition coefficient (Wildman–Crippen LogP) is 3.50. The number of amides is 1. The second kappa shape index (κ2) is 6.75. The molecule has 0 aliphatic carbocycles. The van der Waals surface area contributed by atoms with Crippen LogP contribution < -0.4 is 14.8 Å². The SMILES string of the molecule is COc1ccc(C2CC(=O)Nc3c2ncn3-c2ccc(F)cc2)cc1OC. The minimum atomic E-state index is -0.319. The molecule has 4 rings (SSSR count). The Morgan fingerprint density at radius 3 is 2.56 bits per heavy atom. The molecule has 27 heavy (non-hydrogen) atoms. The molecule has 1 aromatic heterocycles. The fourth-order valence-electron chi connectivity index (χ4n) is 3.35. The van der Waals surface area contributed by atoms with E-state index in [-0.39, 0.29) is 24.1 Å². The Morgan fingerprint density at radius 1 is 1.11 bits per heavy atom. The lowest BCUT2D eigenvalue weighted by atomic mass is 9.89. The van der Waals surface area contributed by atoms with Crippen LogP contribution in [0.25, 0.3) is 5.69 Å². The quantitative estimate of drug-likeness (QED) is 0.766. The number of ether oxygens (including phenoxy) is 2. The maximum atomic E-state index is 13.2. The summed E-state index contributed by atoms with van der Waals surface area (Å²) < 4.78 is 25.6. The highest BCUT2D eigenvalue weighted by molar-refractivity contribution is 5.94. The maximum absolute atomic E-state index is 13.2. The first-order valence-electron chi connectivity index (χ1n) is 8.45. The number of aromatic nitrogens is 2. The van der Waals surface area contributed by atoms with Crippen molar-refractivity contribution in [1.82, 2.24) is 9.55 Å². The molecular weight excluding hydrogens is 349 g/mol. The van der Waals surface area contributed by atoms with Crippen LogP contribution in [0, 0.1) is 5.82 Å². The van der Waals surface area contributed by atoms with Crippen molar-refractivity contribution in [2.45, 2.75) is 12.3 Å². The molecule has 7 heteroatoms. The van der Waals surface area contributed by atoms with Gasteiger partial charge in [-0.3, -0.25) is 9.36 Å². The Bertz CT molecular complexity index is 998. The monoisotopic (exact) mass is 367 g/mol. The van der Waals surface area contributed by atoms with Crippen molar-refractivity contribution in [2.75, 3.05) is 19.5 Å². The Kier molecular flexibility index (Phi) is 4.27. The number of halogens is 1. The average Bonchev–Trinajstić information content (AvgIpc) is 3.11. The summed E-state index contributed by atoms with van der Waals surface area (Å²) in [4.78, 5) is 16.9. The molecule has 0 saturated heterocycles. The van der Waals surface area contributed by atoms with Gasteiger partial charge in [-0.15, -0.1) is 0 Å². The van der Waals surface area contributed by atoms with Crippen LogP contribution in [-0.2, 0) is 4.79 Å². The van der Waals surface area contributed by atoms with Gasteiger partial charge >= 0.3 is 0 Å². The highest BCUT2D eigenvalue weighted by Crippen LogP contribution is 2.40. The molecule has 2 heterocycles. The summed E-state index contributed by atoms with van der Waals surface area (Å²) in [5.41, 5.74) is 2.39. The third-order valence-electron chi connectivity index (χ3n) is 4.69. The number of carbonyl (C=O) groups excluding carboxylic acids is 1. The Morgan fingerprint density at radius 2 is 1.85 bits per heavy atom. The lowest BCUT2D eigenvalue weighted by Gasteiger charge is -2.24. The van der Waals surface area contributed by atoms with E-state index in [1.165, 1.54) is 12.1 Å². The van der Waals surface area contributed by atoms with Gasteiger partial charge in [-0.05, 0) is 42.0 Å². The Hall–Kier alpha value is -3.35. The molecular formula is C20H18FN3O3. The molecule has 0 saturated carbocycles. The Labute approximate surface area is 155 Å². The van der Waals surface area contributed by atoms with Crippen molar-refractivity contribution < 1.29 is 18.7 Å². The van der Waals surface area contributed by atoms with Crippen molar-refractivity contribution in [3.05, 3.63) is 65.9 Å². The largest absolute Gasteiger partial charge is 0.493 e. The van der Waals surface area contributed by atoms with Crippen LogP contribution in [0.5, 0.6) is 11.5 Å². The van der Waals surface area contributed by atoms with Crippen LogP contribution in [0.4, 0.5) is 10.2 Å². The summed E-state index contributed by atoms with van der Waals surface area (Å²) in [5.74, 6) is 1.18. The van der Waals surface area contributed by atoms with Gasteiger partial charge in [-0.1, -0.05) is 6.07 Å². The van der Waals surface area contributed by atoms with Crippen LogP contribution in [0.3, 0.4) is 0 Å². The standard InChI is InChI=1S/C20H18FN3O3/c1-26-16-8-3-12(9-17(16)27-2)15-10-18(25)23-20-19(15)22-11-24(20)14-6-4-13(21)5-7-14/h3-9,11,15H,10H2,1-2H3,(H,23,25). The molecule has 1 aliphatic rings. The van der Waals surface area contributed by atoms with Gasteiger partial charge in [0.05, 0.1) is 19.9 Å². The van der Waals surface area contributed by atoms with Crippen molar-refractivity contribution in [2.24, 2.45) is 0 Å². The summed E-state index contributed by atoms with van der Waals surface area (Å²) in [6.45, 7) is 0. The van der Waals surface area contributed by atoms with E-state index in [0.717, 1.165) is 16.9 Å². The van der Waals surface area contributed by atoms with Crippen molar-refractivity contribution in [3.63, 3.8) is 0 Å². The number of hydrogen-bond acceptors (Lipinski definition) is 4. The molecule has 0 radical (unpaired) electrons. The lowest BCUT2D eigenvalue weighted by Crippen LogP contribution is -2.25. The van der Waals surface area contributed by atoms with Crippen LogP contribution in [0.2, 0.25) is 0 Å². The van der Waals surface area contributed by atoms with Gasteiger partial charge in [0, 0.05) is 18.0 Å². The van der Waals surface area contributed by atoms with E-state index in [0.29, 0.717) is 17.3 Å². The molecule has 1 N–H and O–H groups in total. The van der Waals surface area contributed by atoms with Gasteiger partial charge in [0.15, 0.2) is 11.5 Å². The number of rotatable bonds is 4. The molecule has 1 amide bonds. The molecule has 1 unspecified atom stereocenters. The first kappa shape index (κ1) is 17.1. The van der Waals surface area contributed by atoms with Gasteiger partial charge in [0.25, 0.3) is 0 Å². The van der Waals surface area contributed by atoms with E-state index in [2.05, 4.69) is 10.3 Å². The van der Waals surface area contributed by atoms with E-state index in [9.17, 15) is 9.18 Å². The van der Waals surface area contributed by atoms with Gasteiger partial charge < -0.3 is 14.8 Å². The van der Waals surface area contributed by atoms with Crippen LogP contribution in [0.15, 0.2) is 48.8 Å². The summed E-state index contributed by atoms with van der Waals surface area (Å²) in [6.07, 6.45) is 1.92. The third-order valence-corrected chi connectivity index (χ3v) is 4.69. The molecule has 0 spiro atoms. The van der Waals surface area contributed by atoms with Crippen molar-refractivity contribution in [3.8, 4) is 17.2 Å². The van der Waals surface area contributed by atoms with E-state index < -0.39 is 0 Å². The Balaban J connectivity index is 1.78. The third kappa shape index (κ3) is 3.01. The van der Waals surface area contributed by atoms with Crippen LogP contribution >= 0.6 is 0 Å². The number of benzene rings is 2. The summed E-state index contributed by atoms with van der Waals surface area (Å²) in [5, 5.41) is 2.88. The molecule has 0 fully saturated rings. The zero-order chi connectivity index (χ0) is 19.0.